The van der Waals surface area contributed by atoms with Crippen LogP contribution in [0.15, 0.2) is 18.3 Å². The van der Waals surface area contributed by atoms with Crippen LogP contribution in [-0.4, -0.2) is 23.5 Å². The molecule has 4 nitrogen and oxygen atoms in total. The second kappa shape index (κ2) is 5.27. The van der Waals surface area contributed by atoms with Gasteiger partial charge in [0, 0.05) is 19.3 Å². The van der Waals surface area contributed by atoms with Gasteiger partial charge in [-0.1, -0.05) is 20.8 Å². The largest absolute Gasteiger partial charge is 0.324 e. The number of rotatable bonds is 4. The molecule has 0 radical (unpaired) electrons. The zero-order valence-corrected chi connectivity index (χ0v) is 10.6. The predicted octanol–water partition coefficient (Wildman–Crippen LogP) is 1.85. The van der Waals surface area contributed by atoms with Crippen LogP contribution in [-0.2, 0) is 6.54 Å². The highest BCUT2D eigenvalue weighted by Crippen LogP contribution is 2.16. The molecular weight excluding hydrogens is 200 g/mol. The predicted molar refractivity (Wildman–Crippen MR) is 67.8 cm³/mol. The van der Waals surface area contributed by atoms with Crippen molar-refractivity contribution in [3.8, 4) is 0 Å². The number of hydrogen-bond acceptors (Lipinski definition) is 4. The fourth-order valence-electron chi connectivity index (χ4n) is 1.80. The normalized spacial score (nSPS) is 11.9. The first-order chi connectivity index (χ1) is 7.40. The molecule has 0 fully saturated rings. The zero-order valence-electron chi connectivity index (χ0n) is 10.6. The first-order valence-electron chi connectivity index (χ1n) is 5.51. The molecule has 0 saturated carbocycles. The van der Waals surface area contributed by atoms with E-state index in [0.29, 0.717) is 5.41 Å². The van der Waals surface area contributed by atoms with E-state index in [1.807, 2.05) is 12.1 Å². The summed E-state index contributed by atoms with van der Waals surface area (Å²) < 4.78 is 0. The minimum Gasteiger partial charge on any atom is -0.324 e. The first-order valence-corrected chi connectivity index (χ1v) is 5.51. The maximum Gasteiger partial charge on any atom is 0.0564 e. The molecule has 1 aromatic rings. The number of nitrogen functional groups attached to an aromatic ring is 1. The summed E-state index contributed by atoms with van der Waals surface area (Å²) >= 11 is 0. The van der Waals surface area contributed by atoms with Gasteiger partial charge in [0.25, 0.3) is 0 Å². The molecule has 0 atom stereocenters. The highest BCUT2D eigenvalue weighted by atomic mass is 15.2. The van der Waals surface area contributed by atoms with Gasteiger partial charge in [0.15, 0.2) is 0 Å². The van der Waals surface area contributed by atoms with E-state index < -0.39 is 0 Å². The van der Waals surface area contributed by atoms with E-state index in [9.17, 15) is 0 Å². The Kier molecular flexibility index (Phi) is 4.26. The van der Waals surface area contributed by atoms with Crippen LogP contribution in [0, 0.1) is 5.41 Å². The van der Waals surface area contributed by atoms with Crippen LogP contribution in [0.2, 0.25) is 0 Å². The van der Waals surface area contributed by atoms with Crippen LogP contribution in [0.3, 0.4) is 0 Å². The number of nitrogens with one attached hydrogen (secondary N) is 1. The van der Waals surface area contributed by atoms with Crippen molar-refractivity contribution in [1.82, 2.24) is 9.88 Å². The highest BCUT2D eigenvalue weighted by Gasteiger charge is 2.13. The molecule has 0 aliphatic heterocycles. The third-order valence-corrected chi connectivity index (χ3v) is 2.16. The summed E-state index contributed by atoms with van der Waals surface area (Å²) in [5.41, 5.74) is 4.86. The van der Waals surface area contributed by atoms with E-state index in [4.69, 9.17) is 5.84 Å². The monoisotopic (exact) mass is 222 g/mol. The molecule has 0 aliphatic rings. The summed E-state index contributed by atoms with van der Waals surface area (Å²) in [7, 11) is 2.11. The Morgan fingerprint density at radius 2 is 2.12 bits per heavy atom. The van der Waals surface area contributed by atoms with Crippen LogP contribution >= 0.6 is 0 Å². The number of anilines is 1. The topological polar surface area (TPSA) is 54.2 Å². The maximum absolute atomic E-state index is 5.36. The Morgan fingerprint density at radius 3 is 2.69 bits per heavy atom. The average Bonchev–Trinajstić information content (AvgIpc) is 2.15. The molecule has 4 heteroatoms. The van der Waals surface area contributed by atoms with Gasteiger partial charge in [-0.2, -0.15) is 0 Å². The molecule has 0 saturated heterocycles. The maximum atomic E-state index is 5.36. The second-order valence-corrected chi connectivity index (χ2v) is 5.41. The van der Waals surface area contributed by atoms with Crippen LogP contribution in [0.1, 0.15) is 26.5 Å². The van der Waals surface area contributed by atoms with Gasteiger partial charge in [-0.05, 0) is 24.6 Å². The summed E-state index contributed by atoms with van der Waals surface area (Å²) in [5, 5.41) is 0. The Hall–Kier alpha value is -1.13. The van der Waals surface area contributed by atoms with Crippen molar-refractivity contribution in [3.05, 3.63) is 24.0 Å². The van der Waals surface area contributed by atoms with Crippen molar-refractivity contribution in [1.29, 1.82) is 0 Å². The molecule has 1 heterocycles. The van der Waals surface area contributed by atoms with Gasteiger partial charge in [0.05, 0.1) is 11.4 Å². The third kappa shape index (κ3) is 4.59. The number of pyridine rings is 1. The van der Waals surface area contributed by atoms with Crippen LogP contribution in [0.4, 0.5) is 5.69 Å². The first kappa shape index (κ1) is 12.9. The van der Waals surface area contributed by atoms with Crippen molar-refractivity contribution in [2.24, 2.45) is 11.3 Å². The van der Waals surface area contributed by atoms with Gasteiger partial charge in [-0.3, -0.25) is 10.8 Å². The van der Waals surface area contributed by atoms with E-state index >= 15 is 0 Å². The SMILES string of the molecule is CN(Cc1cc(NN)ccn1)CC(C)(C)C. The van der Waals surface area contributed by atoms with Gasteiger partial charge in [0.2, 0.25) is 0 Å². The number of nitrogens with two attached hydrogens (primary N) is 1. The molecule has 90 valence electrons. The van der Waals surface area contributed by atoms with Gasteiger partial charge >= 0.3 is 0 Å². The number of hydrogen-bond donors (Lipinski definition) is 2. The Bertz CT molecular complexity index is 330. The number of hydrazine groups is 1. The summed E-state index contributed by atoms with van der Waals surface area (Å²) in [5.74, 6) is 5.36. The van der Waals surface area contributed by atoms with Crippen molar-refractivity contribution in [2.45, 2.75) is 27.3 Å². The Balaban J connectivity index is 2.59. The van der Waals surface area contributed by atoms with Crippen molar-refractivity contribution in [3.63, 3.8) is 0 Å². The summed E-state index contributed by atoms with van der Waals surface area (Å²) in [6, 6.07) is 3.83. The van der Waals surface area contributed by atoms with Gasteiger partial charge < -0.3 is 10.3 Å². The second-order valence-electron chi connectivity index (χ2n) is 5.41. The summed E-state index contributed by atoms with van der Waals surface area (Å²) in [6.45, 7) is 8.57. The highest BCUT2D eigenvalue weighted by molar-refractivity contribution is 5.41. The number of nitrogens with zero attached hydrogens (tertiary/aromatic N) is 2. The molecule has 0 aliphatic carbocycles. The molecular formula is C12H22N4. The van der Waals surface area contributed by atoms with E-state index in [1.165, 1.54) is 0 Å². The molecule has 0 aromatic carbocycles. The smallest absolute Gasteiger partial charge is 0.0564 e. The van der Waals surface area contributed by atoms with E-state index in [2.05, 4.69) is 43.1 Å². The van der Waals surface area contributed by atoms with Gasteiger partial charge in [-0.15, -0.1) is 0 Å². The zero-order chi connectivity index (χ0) is 12.2. The Labute approximate surface area is 97.8 Å². The van der Waals surface area contributed by atoms with Crippen LogP contribution in [0.25, 0.3) is 0 Å². The van der Waals surface area contributed by atoms with Crippen molar-refractivity contribution >= 4 is 5.69 Å². The van der Waals surface area contributed by atoms with E-state index in [1.54, 1.807) is 6.20 Å². The molecule has 0 unspecified atom stereocenters. The molecule has 3 N–H and O–H groups in total. The quantitative estimate of drug-likeness (QED) is 0.603. The average molecular weight is 222 g/mol. The summed E-state index contributed by atoms with van der Waals surface area (Å²) in [4.78, 5) is 6.59. The van der Waals surface area contributed by atoms with Crippen molar-refractivity contribution in [2.75, 3.05) is 19.0 Å². The lowest BCUT2D eigenvalue weighted by Gasteiger charge is -2.26. The minimum absolute atomic E-state index is 0.304. The minimum atomic E-state index is 0.304. The molecule has 1 aromatic heterocycles. The third-order valence-electron chi connectivity index (χ3n) is 2.16. The molecule has 0 amide bonds. The lowest BCUT2D eigenvalue weighted by molar-refractivity contribution is 0.219. The van der Waals surface area contributed by atoms with Crippen LogP contribution in [0.5, 0.6) is 0 Å². The van der Waals surface area contributed by atoms with E-state index in [-0.39, 0.29) is 0 Å². The number of aromatic nitrogens is 1. The van der Waals surface area contributed by atoms with Gasteiger partial charge in [0.1, 0.15) is 0 Å². The van der Waals surface area contributed by atoms with Gasteiger partial charge in [-0.25, -0.2) is 0 Å². The van der Waals surface area contributed by atoms with E-state index in [0.717, 1.165) is 24.5 Å². The molecule has 16 heavy (non-hydrogen) atoms. The van der Waals surface area contributed by atoms with Crippen molar-refractivity contribution < 1.29 is 0 Å². The standard InChI is InChI=1S/C12H22N4/c1-12(2,3)9-16(4)8-11-7-10(15-13)5-6-14-11/h5-7H,8-9,13H2,1-4H3,(H,14,15). The molecule has 0 bridgehead atoms. The van der Waals surface area contributed by atoms with Crippen LogP contribution < -0.4 is 11.3 Å². The fraction of sp³-hybridized carbons (Fsp3) is 0.583. The summed E-state index contributed by atoms with van der Waals surface area (Å²) in [6.07, 6.45) is 1.77. The lowest BCUT2D eigenvalue weighted by Crippen LogP contribution is -2.29. The Morgan fingerprint density at radius 1 is 1.44 bits per heavy atom. The molecule has 1 rings (SSSR count). The molecule has 0 spiro atoms. The lowest BCUT2D eigenvalue weighted by atomic mass is 9.96. The fourth-order valence-corrected chi connectivity index (χ4v) is 1.80.